The van der Waals surface area contributed by atoms with Crippen molar-refractivity contribution < 1.29 is 23.9 Å². The van der Waals surface area contributed by atoms with Crippen LogP contribution < -0.4 is 10.2 Å². The number of hydrogen-bond acceptors (Lipinski definition) is 7. The third-order valence-electron chi connectivity index (χ3n) is 4.24. The number of fused-ring (bicyclic) bond motifs is 1. The number of nitrogens with one attached hydrogen (secondary N) is 1. The van der Waals surface area contributed by atoms with E-state index in [1.165, 1.54) is 0 Å². The molecule has 1 N–H and O–H groups in total. The molecule has 2 aromatic heterocycles. The van der Waals surface area contributed by atoms with Crippen LogP contribution in [0.5, 0.6) is 11.6 Å². The molecule has 0 spiro atoms. The van der Waals surface area contributed by atoms with Crippen LogP contribution in [-0.2, 0) is 20.8 Å². The molecule has 8 nitrogen and oxygen atoms in total. The summed E-state index contributed by atoms with van der Waals surface area (Å²) >= 11 is 0. The first-order valence-electron chi connectivity index (χ1n) is 9.86. The maximum Gasteiger partial charge on any atom is 0.441 e. The van der Waals surface area contributed by atoms with E-state index in [9.17, 15) is 9.59 Å². The normalized spacial score (nSPS) is 12.1. The number of carbonyl (C=O) groups excluding carboxylic acids is 2. The molecule has 1 atom stereocenters. The predicted octanol–water partition coefficient (Wildman–Crippen LogP) is 4.58. The molecule has 0 aliphatic carbocycles. The van der Waals surface area contributed by atoms with Gasteiger partial charge in [0.2, 0.25) is 5.88 Å². The van der Waals surface area contributed by atoms with E-state index in [1.807, 2.05) is 41.9 Å². The second-order valence-electron chi connectivity index (χ2n) is 8.09. The van der Waals surface area contributed by atoms with Crippen LogP contribution in [0.3, 0.4) is 0 Å². The first-order chi connectivity index (χ1) is 14.7. The van der Waals surface area contributed by atoms with Crippen molar-refractivity contribution in [2.24, 2.45) is 5.92 Å². The minimum atomic E-state index is -0.813. The monoisotopic (exact) mass is 423 g/mol. The van der Waals surface area contributed by atoms with Crippen LogP contribution in [0.25, 0.3) is 10.8 Å². The number of nitrogens with zero attached hydrogens (tertiary/aromatic N) is 2. The fourth-order valence-corrected chi connectivity index (χ4v) is 2.80. The summed E-state index contributed by atoms with van der Waals surface area (Å²) in [5.74, 6) is 0.105. The average molecular weight is 423 g/mol. The van der Waals surface area contributed by atoms with Gasteiger partial charge in [-0.3, -0.25) is 4.98 Å². The first-order valence-corrected chi connectivity index (χ1v) is 9.86. The largest absolute Gasteiger partial charge is 0.442 e. The zero-order valence-electron chi connectivity index (χ0n) is 17.9. The van der Waals surface area contributed by atoms with Crippen LogP contribution in [0.1, 0.15) is 33.3 Å². The molecule has 8 heteroatoms. The van der Waals surface area contributed by atoms with Gasteiger partial charge in [-0.1, -0.05) is 19.1 Å². The smallest absolute Gasteiger partial charge is 0.441 e. The van der Waals surface area contributed by atoms with E-state index in [2.05, 4.69) is 9.97 Å². The predicted molar refractivity (Wildman–Crippen MR) is 114 cm³/mol. The third kappa shape index (κ3) is 6.40. The van der Waals surface area contributed by atoms with Crippen molar-refractivity contribution in [3.8, 4) is 11.6 Å². The van der Waals surface area contributed by atoms with Crippen molar-refractivity contribution in [3.63, 3.8) is 0 Å². The van der Waals surface area contributed by atoms with Gasteiger partial charge in [0.1, 0.15) is 11.4 Å². The second kappa shape index (κ2) is 9.42. The van der Waals surface area contributed by atoms with Crippen LogP contribution in [0, 0.1) is 5.92 Å². The summed E-state index contributed by atoms with van der Waals surface area (Å²) in [4.78, 5) is 36.9. The number of hydroxylamine groups is 1. The molecule has 31 heavy (non-hydrogen) atoms. The Morgan fingerprint density at radius 3 is 2.52 bits per heavy atom. The molecule has 2 heterocycles. The van der Waals surface area contributed by atoms with Crippen molar-refractivity contribution in [1.82, 2.24) is 15.4 Å². The molecular formula is C23H25N3O5. The van der Waals surface area contributed by atoms with Crippen LogP contribution in [0.4, 0.5) is 4.79 Å². The molecule has 0 saturated carbocycles. The molecular weight excluding hydrogens is 398 g/mol. The van der Waals surface area contributed by atoms with Crippen LogP contribution >= 0.6 is 0 Å². The maximum atomic E-state index is 12.1. The summed E-state index contributed by atoms with van der Waals surface area (Å²) in [5, 5.41) is 1.81. The fourth-order valence-electron chi connectivity index (χ4n) is 2.80. The van der Waals surface area contributed by atoms with Crippen molar-refractivity contribution in [2.75, 3.05) is 0 Å². The number of ether oxygens (including phenoxy) is 2. The summed E-state index contributed by atoms with van der Waals surface area (Å²) in [6.45, 7) is 6.88. The van der Waals surface area contributed by atoms with Gasteiger partial charge >= 0.3 is 12.1 Å². The van der Waals surface area contributed by atoms with E-state index in [4.69, 9.17) is 14.3 Å². The Balaban J connectivity index is 1.55. The Bertz CT molecular complexity index is 1060. The molecule has 0 bridgehead atoms. The number of pyridine rings is 2. The number of amides is 1. The lowest BCUT2D eigenvalue weighted by molar-refractivity contribution is -0.154. The second-order valence-corrected chi connectivity index (χ2v) is 8.09. The van der Waals surface area contributed by atoms with Crippen molar-refractivity contribution in [3.05, 3.63) is 60.6 Å². The maximum absolute atomic E-state index is 12.1. The number of benzene rings is 1. The molecule has 3 rings (SSSR count). The molecule has 0 fully saturated rings. The van der Waals surface area contributed by atoms with Gasteiger partial charge < -0.3 is 14.3 Å². The number of rotatable bonds is 5. The van der Waals surface area contributed by atoms with Gasteiger partial charge in [-0.25, -0.2) is 14.6 Å². The highest BCUT2D eigenvalue weighted by Gasteiger charge is 2.20. The lowest BCUT2D eigenvalue weighted by atomic mass is 10.0. The lowest BCUT2D eigenvalue weighted by Crippen LogP contribution is -2.35. The Labute approximate surface area is 180 Å². The van der Waals surface area contributed by atoms with Crippen LogP contribution in [0.2, 0.25) is 0 Å². The molecule has 3 aromatic rings. The van der Waals surface area contributed by atoms with E-state index >= 15 is 0 Å². The summed E-state index contributed by atoms with van der Waals surface area (Å²) in [7, 11) is 0. The van der Waals surface area contributed by atoms with Crippen LogP contribution in [0.15, 0.2) is 55.0 Å². The van der Waals surface area contributed by atoms with Crippen molar-refractivity contribution in [2.45, 2.75) is 39.7 Å². The zero-order valence-corrected chi connectivity index (χ0v) is 17.9. The zero-order chi connectivity index (χ0) is 22.4. The van der Waals surface area contributed by atoms with Gasteiger partial charge in [-0.15, -0.1) is 5.48 Å². The Morgan fingerprint density at radius 2 is 1.81 bits per heavy atom. The fraction of sp³-hybridized carbons (Fsp3) is 0.304. The highest BCUT2D eigenvalue weighted by atomic mass is 16.7. The molecule has 0 aliphatic heterocycles. The number of carbonyl (C=O) groups is 2. The molecule has 162 valence electrons. The van der Waals surface area contributed by atoms with Gasteiger partial charge in [-0.2, -0.15) is 0 Å². The number of hydrogen-bond donors (Lipinski definition) is 1. The summed E-state index contributed by atoms with van der Waals surface area (Å²) in [6, 6.07) is 11.1. The van der Waals surface area contributed by atoms with E-state index in [-0.39, 0.29) is 0 Å². The Kier molecular flexibility index (Phi) is 6.69. The molecule has 1 unspecified atom stereocenters. The lowest BCUT2D eigenvalue weighted by Gasteiger charge is -2.19. The van der Waals surface area contributed by atoms with Gasteiger partial charge in [0, 0.05) is 29.4 Å². The summed E-state index contributed by atoms with van der Waals surface area (Å²) < 4.78 is 10.9. The third-order valence-corrected chi connectivity index (χ3v) is 4.24. The minimum Gasteiger partial charge on any atom is -0.442 e. The Morgan fingerprint density at radius 1 is 1.06 bits per heavy atom. The SMILES string of the molecule is CC(Cc1ccc(Oc2nccc3cnccc23)cc1)C(=O)ONC(=O)OC(C)(C)C. The van der Waals surface area contributed by atoms with Gasteiger partial charge in [-0.05, 0) is 57.0 Å². The van der Waals surface area contributed by atoms with E-state index < -0.39 is 23.6 Å². The van der Waals surface area contributed by atoms with Crippen LogP contribution in [-0.4, -0.2) is 27.6 Å². The van der Waals surface area contributed by atoms with E-state index in [0.717, 1.165) is 16.3 Å². The van der Waals surface area contributed by atoms with E-state index in [1.54, 1.807) is 46.3 Å². The van der Waals surface area contributed by atoms with Crippen molar-refractivity contribution in [1.29, 1.82) is 0 Å². The van der Waals surface area contributed by atoms with Gasteiger partial charge in [0.05, 0.1) is 5.92 Å². The quantitative estimate of drug-likeness (QED) is 0.599. The highest BCUT2D eigenvalue weighted by Crippen LogP contribution is 2.27. The van der Waals surface area contributed by atoms with Gasteiger partial charge in [0.15, 0.2) is 0 Å². The standard InChI is InChI=1S/C23H25N3O5/c1-15(21(27)31-26-22(28)30-23(2,3)4)13-16-5-7-18(8-6-16)29-20-19-10-11-24-14-17(19)9-12-25-20/h5-12,14-15H,13H2,1-4H3,(H,26,28). The summed E-state index contributed by atoms with van der Waals surface area (Å²) in [6.07, 6.45) is 4.75. The molecule has 0 aliphatic rings. The van der Waals surface area contributed by atoms with Crippen molar-refractivity contribution >= 4 is 22.8 Å². The van der Waals surface area contributed by atoms with E-state index in [0.29, 0.717) is 18.1 Å². The average Bonchev–Trinajstić information content (AvgIpc) is 2.72. The minimum absolute atomic E-state index is 0.438. The highest BCUT2D eigenvalue weighted by molar-refractivity contribution is 5.85. The first kappa shape index (κ1) is 22.0. The molecule has 0 saturated heterocycles. The van der Waals surface area contributed by atoms with Gasteiger partial charge in [0.25, 0.3) is 0 Å². The number of aromatic nitrogens is 2. The molecule has 1 aromatic carbocycles. The molecule has 1 amide bonds. The Hall–Kier alpha value is -3.68. The summed E-state index contributed by atoms with van der Waals surface area (Å²) in [5.41, 5.74) is 2.26. The molecule has 0 radical (unpaired) electrons. The topological polar surface area (TPSA) is 99.6 Å².